The first-order valence-corrected chi connectivity index (χ1v) is 5.82. The van der Waals surface area contributed by atoms with Gasteiger partial charge in [-0.15, -0.1) is 0 Å². The van der Waals surface area contributed by atoms with Crippen molar-refractivity contribution in [2.24, 2.45) is 5.73 Å². The van der Waals surface area contributed by atoms with E-state index < -0.39 is 0 Å². The van der Waals surface area contributed by atoms with Crippen LogP contribution in [-0.2, 0) is 11.8 Å². The van der Waals surface area contributed by atoms with Gasteiger partial charge in [-0.1, -0.05) is 13.3 Å². The molecule has 3 nitrogen and oxygen atoms in total. The molecule has 1 heterocycles. The van der Waals surface area contributed by atoms with Gasteiger partial charge < -0.3 is 10.2 Å². The second kappa shape index (κ2) is 3.97. The number of nitrogens with two attached hydrogens (primary N) is 1. The van der Waals surface area contributed by atoms with E-state index >= 15 is 0 Å². The first-order valence-electron chi connectivity index (χ1n) is 5.82. The molecule has 1 fully saturated rings. The van der Waals surface area contributed by atoms with Gasteiger partial charge in [-0.2, -0.15) is 0 Å². The molecule has 1 saturated carbocycles. The third-order valence-corrected chi connectivity index (χ3v) is 3.47. The zero-order valence-corrected chi connectivity index (χ0v) is 9.68. The molecule has 0 unspecified atom stereocenters. The Hall–Kier alpha value is -0.830. The van der Waals surface area contributed by atoms with Crippen LogP contribution in [0.25, 0.3) is 0 Å². The highest BCUT2D eigenvalue weighted by atomic mass is 16.4. The van der Waals surface area contributed by atoms with Crippen LogP contribution in [0.15, 0.2) is 4.42 Å². The van der Waals surface area contributed by atoms with Gasteiger partial charge in [0, 0.05) is 11.8 Å². The zero-order chi connectivity index (χ0) is 10.9. The summed E-state index contributed by atoms with van der Waals surface area (Å²) in [6.45, 7) is 4.99. The summed E-state index contributed by atoms with van der Waals surface area (Å²) in [6, 6.07) is 0. The Bertz CT molecular complexity index is 339. The fourth-order valence-electron chi connectivity index (χ4n) is 2.10. The molecule has 3 heteroatoms. The predicted octanol–water partition coefficient (Wildman–Crippen LogP) is 2.32. The summed E-state index contributed by atoms with van der Waals surface area (Å²) < 4.78 is 5.86. The van der Waals surface area contributed by atoms with Gasteiger partial charge in [-0.3, -0.25) is 0 Å². The molecule has 0 atom stereocenters. The van der Waals surface area contributed by atoms with Crippen LogP contribution < -0.4 is 5.73 Å². The van der Waals surface area contributed by atoms with Crippen molar-refractivity contribution < 1.29 is 4.42 Å². The molecule has 0 amide bonds. The van der Waals surface area contributed by atoms with E-state index in [2.05, 4.69) is 11.9 Å². The van der Waals surface area contributed by atoms with Gasteiger partial charge in [0.05, 0.1) is 5.69 Å². The van der Waals surface area contributed by atoms with Crippen LogP contribution in [0.2, 0.25) is 0 Å². The molecule has 0 saturated heterocycles. The summed E-state index contributed by atoms with van der Waals surface area (Å²) in [4.78, 5) is 4.55. The summed E-state index contributed by atoms with van der Waals surface area (Å²) in [5.41, 5.74) is 6.76. The SMILES string of the molecule is Cc1nc(C2(C)CCC2)oc1CCCN. The highest BCUT2D eigenvalue weighted by Gasteiger charge is 2.38. The highest BCUT2D eigenvalue weighted by Crippen LogP contribution is 2.43. The normalized spacial score (nSPS) is 18.9. The van der Waals surface area contributed by atoms with Crippen molar-refractivity contribution in [2.45, 2.75) is 51.4 Å². The number of nitrogens with zero attached hydrogens (tertiary/aromatic N) is 1. The Kier molecular flexibility index (Phi) is 2.83. The van der Waals surface area contributed by atoms with Gasteiger partial charge >= 0.3 is 0 Å². The fraction of sp³-hybridized carbons (Fsp3) is 0.750. The van der Waals surface area contributed by atoms with E-state index in [0.717, 1.165) is 30.2 Å². The Morgan fingerprint density at radius 2 is 2.20 bits per heavy atom. The molecule has 1 aliphatic carbocycles. The van der Waals surface area contributed by atoms with E-state index in [-0.39, 0.29) is 5.41 Å². The molecule has 2 N–H and O–H groups in total. The minimum absolute atomic E-state index is 0.214. The minimum atomic E-state index is 0.214. The van der Waals surface area contributed by atoms with Crippen molar-refractivity contribution in [1.29, 1.82) is 0 Å². The molecule has 1 aliphatic rings. The highest BCUT2D eigenvalue weighted by molar-refractivity contribution is 5.15. The lowest BCUT2D eigenvalue weighted by atomic mass is 9.70. The number of oxazole rings is 1. The number of hydrogen-bond donors (Lipinski definition) is 1. The second-order valence-electron chi connectivity index (χ2n) is 4.83. The molecule has 0 spiro atoms. The van der Waals surface area contributed by atoms with Crippen LogP contribution in [0.4, 0.5) is 0 Å². The second-order valence-corrected chi connectivity index (χ2v) is 4.83. The minimum Gasteiger partial charge on any atom is -0.445 e. The van der Waals surface area contributed by atoms with Crippen molar-refractivity contribution in [3.05, 3.63) is 17.3 Å². The third kappa shape index (κ3) is 1.93. The van der Waals surface area contributed by atoms with Crippen molar-refractivity contribution in [1.82, 2.24) is 4.98 Å². The average molecular weight is 208 g/mol. The zero-order valence-electron chi connectivity index (χ0n) is 9.68. The Morgan fingerprint density at radius 3 is 2.73 bits per heavy atom. The smallest absolute Gasteiger partial charge is 0.200 e. The molecule has 0 aliphatic heterocycles. The molecule has 1 aromatic heterocycles. The van der Waals surface area contributed by atoms with Crippen molar-refractivity contribution in [3.63, 3.8) is 0 Å². The maximum atomic E-state index is 5.86. The number of rotatable bonds is 4. The topological polar surface area (TPSA) is 52.0 Å². The first-order chi connectivity index (χ1) is 7.15. The number of aryl methyl sites for hydroxylation is 2. The lowest BCUT2D eigenvalue weighted by molar-refractivity contribution is 0.210. The molecule has 0 aromatic carbocycles. The number of aromatic nitrogens is 1. The van der Waals surface area contributed by atoms with Crippen LogP contribution in [0.3, 0.4) is 0 Å². The van der Waals surface area contributed by atoms with Crippen LogP contribution in [0, 0.1) is 6.92 Å². The summed E-state index contributed by atoms with van der Waals surface area (Å²) in [6.07, 6.45) is 5.63. The maximum absolute atomic E-state index is 5.86. The van der Waals surface area contributed by atoms with Crippen molar-refractivity contribution >= 4 is 0 Å². The van der Waals surface area contributed by atoms with Crippen molar-refractivity contribution in [2.75, 3.05) is 6.54 Å². The summed E-state index contributed by atoms with van der Waals surface area (Å²) in [5, 5.41) is 0. The lowest BCUT2D eigenvalue weighted by Crippen LogP contribution is -2.30. The van der Waals surface area contributed by atoms with Gasteiger partial charge in [-0.05, 0) is 32.7 Å². The Balaban J connectivity index is 2.13. The van der Waals surface area contributed by atoms with Crippen LogP contribution >= 0.6 is 0 Å². The first kappa shape index (κ1) is 10.7. The largest absolute Gasteiger partial charge is 0.445 e. The molecule has 84 valence electrons. The lowest BCUT2D eigenvalue weighted by Gasteiger charge is -2.34. The van der Waals surface area contributed by atoms with E-state index in [1.807, 2.05) is 6.92 Å². The van der Waals surface area contributed by atoms with Gasteiger partial charge in [0.15, 0.2) is 0 Å². The maximum Gasteiger partial charge on any atom is 0.200 e. The van der Waals surface area contributed by atoms with E-state index in [4.69, 9.17) is 10.2 Å². The summed E-state index contributed by atoms with van der Waals surface area (Å²) in [7, 11) is 0. The van der Waals surface area contributed by atoms with Crippen molar-refractivity contribution in [3.8, 4) is 0 Å². The molecular weight excluding hydrogens is 188 g/mol. The van der Waals surface area contributed by atoms with Crippen LogP contribution in [0.1, 0.15) is 50.0 Å². The Labute approximate surface area is 91.1 Å². The van der Waals surface area contributed by atoms with E-state index in [1.54, 1.807) is 0 Å². The number of hydrogen-bond acceptors (Lipinski definition) is 3. The predicted molar refractivity (Wildman–Crippen MR) is 59.8 cm³/mol. The standard InChI is InChI=1S/C12H20N2O/c1-9-10(5-3-8-13)15-11(14-9)12(2)6-4-7-12/h3-8,13H2,1-2H3. The molecule has 0 bridgehead atoms. The molecule has 15 heavy (non-hydrogen) atoms. The quantitative estimate of drug-likeness (QED) is 0.826. The third-order valence-electron chi connectivity index (χ3n) is 3.47. The van der Waals surface area contributed by atoms with E-state index in [0.29, 0.717) is 6.54 Å². The van der Waals surface area contributed by atoms with Gasteiger partial charge in [0.1, 0.15) is 5.76 Å². The van der Waals surface area contributed by atoms with E-state index in [1.165, 1.54) is 19.3 Å². The van der Waals surface area contributed by atoms with Gasteiger partial charge in [0.2, 0.25) is 5.89 Å². The van der Waals surface area contributed by atoms with Crippen LogP contribution in [-0.4, -0.2) is 11.5 Å². The molecular formula is C12H20N2O. The van der Waals surface area contributed by atoms with Gasteiger partial charge in [-0.25, -0.2) is 4.98 Å². The molecule has 0 radical (unpaired) electrons. The fourth-order valence-corrected chi connectivity index (χ4v) is 2.10. The monoisotopic (exact) mass is 208 g/mol. The summed E-state index contributed by atoms with van der Waals surface area (Å²) in [5.74, 6) is 1.97. The van der Waals surface area contributed by atoms with Crippen LogP contribution in [0.5, 0.6) is 0 Å². The average Bonchev–Trinajstić information content (AvgIpc) is 2.53. The molecule has 2 rings (SSSR count). The molecule has 1 aromatic rings. The summed E-state index contributed by atoms with van der Waals surface area (Å²) >= 11 is 0. The Morgan fingerprint density at radius 1 is 1.47 bits per heavy atom. The van der Waals surface area contributed by atoms with E-state index in [9.17, 15) is 0 Å². The van der Waals surface area contributed by atoms with Gasteiger partial charge in [0.25, 0.3) is 0 Å².